The first-order chi connectivity index (χ1) is 8.20. The summed E-state index contributed by atoms with van der Waals surface area (Å²) in [7, 11) is 0. The third-order valence-corrected chi connectivity index (χ3v) is 2.87. The molecule has 1 heterocycles. The van der Waals surface area contributed by atoms with Crippen LogP contribution in [0.4, 0.5) is 5.69 Å². The molecule has 0 aliphatic carbocycles. The Hall–Kier alpha value is -2.02. The van der Waals surface area contributed by atoms with Crippen molar-refractivity contribution in [2.45, 2.75) is 13.3 Å². The van der Waals surface area contributed by atoms with Crippen LogP contribution in [0.1, 0.15) is 22.8 Å². The van der Waals surface area contributed by atoms with Gasteiger partial charge in [0.25, 0.3) is 5.91 Å². The van der Waals surface area contributed by atoms with Gasteiger partial charge in [0, 0.05) is 24.3 Å². The molecular formula is C13H15N3O. The number of benzene rings is 1. The molecule has 1 aromatic carbocycles. The van der Waals surface area contributed by atoms with Gasteiger partial charge in [-0.05, 0) is 31.0 Å². The first-order valence-corrected chi connectivity index (χ1v) is 5.75. The molecule has 0 aromatic heterocycles. The van der Waals surface area contributed by atoms with Crippen molar-refractivity contribution in [3.05, 3.63) is 29.3 Å². The van der Waals surface area contributed by atoms with Crippen LogP contribution >= 0.6 is 0 Å². The van der Waals surface area contributed by atoms with Crippen LogP contribution in [-0.4, -0.2) is 19.0 Å². The van der Waals surface area contributed by atoms with Gasteiger partial charge in [0.15, 0.2) is 0 Å². The Kier molecular flexibility index (Phi) is 3.29. The number of amides is 1. The highest BCUT2D eigenvalue weighted by molar-refractivity contribution is 5.95. The molecule has 1 aliphatic heterocycles. The van der Waals surface area contributed by atoms with Gasteiger partial charge in [-0.25, -0.2) is 0 Å². The molecule has 88 valence electrons. The highest BCUT2D eigenvalue weighted by atomic mass is 16.1. The maximum absolute atomic E-state index is 11.8. The average molecular weight is 229 g/mol. The highest BCUT2D eigenvalue weighted by Gasteiger charge is 2.13. The molecule has 4 heteroatoms. The number of rotatable bonds is 3. The SMILES string of the molecule is CC(C#N)CNC(=O)c1ccc2c(c1)NCC2. The van der Waals surface area contributed by atoms with Gasteiger partial charge < -0.3 is 10.6 Å². The molecule has 1 amide bonds. The van der Waals surface area contributed by atoms with Gasteiger partial charge >= 0.3 is 0 Å². The Morgan fingerprint density at radius 1 is 1.65 bits per heavy atom. The van der Waals surface area contributed by atoms with E-state index in [0.717, 1.165) is 18.7 Å². The summed E-state index contributed by atoms with van der Waals surface area (Å²) in [6.45, 7) is 3.11. The summed E-state index contributed by atoms with van der Waals surface area (Å²) in [6, 6.07) is 7.77. The Balaban J connectivity index is 2.03. The van der Waals surface area contributed by atoms with Crippen molar-refractivity contribution in [1.29, 1.82) is 5.26 Å². The van der Waals surface area contributed by atoms with Crippen LogP contribution in [-0.2, 0) is 6.42 Å². The second-order valence-corrected chi connectivity index (χ2v) is 4.29. The lowest BCUT2D eigenvalue weighted by atomic mass is 10.1. The molecule has 1 aromatic rings. The summed E-state index contributed by atoms with van der Waals surface area (Å²) in [5.41, 5.74) is 2.95. The minimum Gasteiger partial charge on any atom is -0.384 e. The van der Waals surface area contributed by atoms with Crippen LogP contribution in [0, 0.1) is 17.2 Å². The topological polar surface area (TPSA) is 64.9 Å². The van der Waals surface area contributed by atoms with Crippen molar-refractivity contribution < 1.29 is 4.79 Å². The number of carbonyl (C=O) groups excluding carboxylic acids is 1. The Bertz CT molecular complexity index is 476. The maximum atomic E-state index is 11.8. The molecule has 0 saturated heterocycles. The molecule has 2 N–H and O–H groups in total. The monoisotopic (exact) mass is 229 g/mol. The molecule has 17 heavy (non-hydrogen) atoms. The summed E-state index contributed by atoms with van der Waals surface area (Å²) < 4.78 is 0. The second-order valence-electron chi connectivity index (χ2n) is 4.29. The van der Waals surface area contributed by atoms with E-state index in [2.05, 4.69) is 16.7 Å². The molecule has 0 spiro atoms. The number of anilines is 1. The van der Waals surface area contributed by atoms with Gasteiger partial charge in [0.05, 0.1) is 12.0 Å². The zero-order valence-corrected chi connectivity index (χ0v) is 9.79. The Morgan fingerprint density at radius 3 is 3.24 bits per heavy atom. The predicted octanol–water partition coefficient (Wildman–Crippen LogP) is 1.54. The molecule has 2 rings (SSSR count). The van der Waals surface area contributed by atoms with Gasteiger partial charge in [-0.1, -0.05) is 6.07 Å². The summed E-state index contributed by atoms with van der Waals surface area (Å²) in [5.74, 6) is -0.282. The Labute approximate surface area is 101 Å². The summed E-state index contributed by atoms with van der Waals surface area (Å²) in [6.07, 6.45) is 1.02. The van der Waals surface area contributed by atoms with Gasteiger partial charge in [0.1, 0.15) is 0 Å². The quantitative estimate of drug-likeness (QED) is 0.826. The van der Waals surface area contributed by atoms with Crippen molar-refractivity contribution in [3.63, 3.8) is 0 Å². The highest BCUT2D eigenvalue weighted by Crippen LogP contribution is 2.23. The fourth-order valence-electron chi connectivity index (χ4n) is 1.83. The van der Waals surface area contributed by atoms with E-state index in [1.807, 2.05) is 18.2 Å². The smallest absolute Gasteiger partial charge is 0.251 e. The minimum absolute atomic E-state index is 0.122. The third-order valence-electron chi connectivity index (χ3n) is 2.87. The third kappa shape index (κ3) is 2.56. The van der Waals surface area contributed by atoms with Crippen molar-refractivity contribution in [3.8, 4) is 6.07 Å². The van der Waals surface area contributed by atoms with E-state index in [1.54, 1.807) is 6.92 Å². The lowest BCUT2D eigenvalue weighted by molar-refractivity contribution is 0.0951. The van der Waals surface area contributed by atoms with E-state index in [0.29, 0.717) is 12.1 Å². The summed E-state index contributed by atoms with van der Waals surface area (Å²) in [5, 5.41) is 14.6. The molecule has 0 radical (unpaired) electrons. The molecule has 0 saturated carbocycles. The molecule has 0 fully saturated rings. The van der Waals surface area contributed by atoms with E-state index >= 15 is 0 Å². The molecule has 4 nitrogen and oxygen atoms in total. The zero-order valence-electron chi connectivity index (χ0n) is 9.79. The largest absolute Gasteiger partial charge is 0.384 e. The first-order valence-electron chi connectivity index (χ1n) is 5.75. The van der Waals surface area contributed by atoms with Crippen LogP contribution in [0.3, 0.4) is 0 Å². The van der Waals surface area contributed by atoms with Crippen molar-refractivity contribution in [2.75, 3.05) is 18.4 Å². The molecule has 1 aliphatic rings. The van der Waals surface area contributed by atoms with Crippen molar-refractivity contribution >= 4 is 11.6 Å². The van der Waals surface area contributed by atoms with Crippen molar-refractivity contribution in [1.82, 2.24) is 5.32 Å². The van der Waals surface area contributed by atoms with Gasteiger partial charge in [-0.3, -0.25) is 4.79 Å². The minimum atomic E-state index is -0.161. The van der Waals surface area contributed by atoms with E-state index in [-0.39, 0.29) is 11.8 Å². The normalized spacial score (nSPS) is 14.4. The summed E-state index contributed by atoms with van der Waals surface area (Å²) >= 11 is 0. The van der Waals surface area contributed by atoms with Crippen LogP contribution in [0.15, 0.2) is 18.2 Å². The van der Waals surface area contributed by atoms with E-state index < -0.39 is 0 Å². The molecule has 0 bridgehead atoms. The standard InChI is InChI=1S/C13H15N3O/c1-9(7-14)8-16-13(17)11-3-2-10-4-5-15-12(10)6-11/h2-3,6,9,15H,4-5,8H2,1H3,(H,16,17). The maximum Gasteiger partial charge on any atom is 0.251 e. The predicted molar refractivity (Wildman–Crippen MR) is 65.7 cm³/mol. The van der Waals surface area contributed by atoms with Gasteiger partial charge in [-0.15, -0.1) is 0 Å². The number of carbonyl (C=O) groups is 1. The number of nitrogens with zero attached hydrogens (tertiary/aromatic N) is 1. The number of fused-ring (bicyclic) bond motifs is 1. The summed E-state index contributed by atoms with van der Waals surface area (Å²) in [4.78, 5) is 11.8. The Morgan fingerprint density at radius 2 is 2.47 bits per heavy atom. The van der Waals surface area contributed by atoms with Crippen LogP contribution in [0.5, 0.6) is 0 Å². The zero-order chi connectivity index (χ0) is 12.3. The second kappa shape index (κ2) is 4.88. The van der Waals surface area contributed by atoms with Crippen LogP contribution in [0.2, 0.25) is 0 Å². The molecule has 1 atom stereocenters. The average Bonchev–Trinajstić information content (AvgIpc) is 2.82. The van der Waals surface area contributed by atoms with Crippen LogP contribution < -0.4 is 10.6 Å². The van der Waals surface area contributed by atoms with E-state index in [9.17, 15) is 4.79 Å². The number of nitriles is 1. The van der Waals surface area contributed by atoms with Crippen LogP contribution in [0.25, 0.3) is 0 Å². The fourth-order valence-corrected chi connectivity index (χ4v) is 1.83. The molecule has 1 unspecified atom stereocenters. The van der Waals surface area contributed by atoms with E-state index in [1.165, 1.54) is 5.56 Å². The lowest BCUT2D eigenvalue weighted by Gasteiger charge is -2.07. The molecular weight excluding hydrogens is 214 g/mol. The van der Waals surface area contributed by atoms with Gasteiger partial charge in [0.2, 0.25) is 0 Å². The number of hydrogen-bond donors (Lipinski definition) is 2. The van der Waals surface area contributed by atoms with Crippen molar-refractivity contribution in [2.24, 2.45) is 5.92 Å². The van der Waals surface area contributed by atoms with E-state index in [4.69, 9.17) is 5.26 Å². The lowest BCUT2D eigenvalue weighted by Crippen LogP contribution is -2.27. The fraction of sp³-hybridized carbons (Fsp3) is 0.385. The number of nitrogens with one attached hydrogen (secondary N) is 2. The first kappa shape index (κ1) is 11.5. The van der Waals surface area contributed by atoms with Gasteiger partial charge in [-0.2, -0.15) is 5.26 Å². The number of hydrogen-bond acceptors (Lipinski definition) is 3.